The van der Waals surface area contributed by atoms with Crippen LogP contribution in [0.15, 0.2) is 23.2 Å². The molecule has 1 aromatic rings. The van der Waals surface area contributed by atoms with E-state index in [4.69, 9.17) is 9.73 Å². The highest BCUT2D eigenvalue weighted by molar-refractivity contribution is 5.79. The highest BCUT2D eigenvalue weighted by Gasteiger charge is 2.39. The lowest BCUT2D eigenvalue weighted by atomic mass is 9.88. The number of hydrogen-bond donors (Lipinski definition) is 2. The van der Waals surface area contributed by atoms with E-state index >= 15 is 0 Å². The van der Waals surface area contributed by atoms with Gasteiger partial charge in [-0.1, -0.05) is 12.1 Å². The van der Waals surface area contributed by atoms with Gasteiger partial charge in [-0.3, -0.25) is 4.90 Å². The predicted molar refractivity (Wildman–Crippen MR) is 108 cm³/mol. The van der Waals surface area contributed by atoms with E-state index in [1.54, 1.807) is 13.0 Å². The maximum atomic E-state index is 13.5. The first kappa shape index (κ1) is 20.1. The Morgan fingerprint density at radius 3 is 2.63 bits per heavy atom. The van der Waals surface area contributed by atoms with Crippen LogP contribution in [0.5, 0.6) is 0 Å². The fourth-order valence-corrected chi connectivity index (χ4v) is 4.11. The van der Waals surface area contributed by atoms with Crippen LogP contribution in [-0.4, -0.2) is 55.8 Å². The van der Waals surface area contributed by atoms with Crippen molar-refractivity contribution < 1.29 is 9.13 Å². The Hall–Kier alpha value is -1.66. The van der Waals surface area contributed by atoms with Crippen LogP contribution in [0.4, 0.5) is 4.39 Å². The molecule has 6 heteroatoms. The van der Waals surface area contributed by atoms with Gasteiger partial charge in [0.2, 0.25) is 0 Å². The first-order valence-electron chi connectivity index (χ1n) is 10.2. The average molecular weight is 377 g/mol. The van der Waals surface area contributed by atoms with Crippen molar-refractivity contribution in [2.75, 3.05) is 39.4 Å². The van der Waals surface area contributed by atoms with Gasteiger partial charge in [0.1, 0.15) is 5.82 Å². The van der Waals surface area contributed by atoms with Gasteiger partial charge in [0.25, 0.3) is 0 Å². The van der Waals surface area contributed by atoms with E-state index < -0.39 is 0 Å². The van der Waals surface area contributed by atoms with Crippen LogP contribution in [0.1, 0.15) is 43.7 Å². The molecule has 2 aliphatic heterocycles. The zero-order valence-electron chi connectivity index (χ0n) is 16.7. The predicted octanol–water partition coefficient (Wildman–Crippen LogP) is 2.83. The molecule has 0 radical (unpaired) electrons. The van der Waals surface area contributed by atoms with E-state index in [9.17, 15) is 4.39 Å². The Labute approximate surface area is 162 Å². The molecular formula is C21H33FN4O. The topological polar surface area (TPSA) is 48.9 Å². The molecule has 2 saturated heterocycles. The molecule has 0 aliphatic carbocycles. The fraction of sp³-hybridized carbons (Fsp3) is 0.667. The molecule has 0 spiro atoms. The number of likely N-dealkylation sites (tertiary alicyclic amines) is 1. The number of nitrogens with zero attached hydrogens (tertiary/aromatic N) is 2. The van der Waals surface area contributed by atoms with Crippen LogP contribution in [0.2, 0.25) is 0 Å². The minimum atomic E-state index is -0.167. The Kier molecular flexibility index (Phi) is 7.07. The van der Waals surface area contributed by atoms with Crippen LogP contribution in [0, 0.1) is 12.7 Å². The molecule has 2 fully saturated rings. The molecule has 3 rings (SSSR count). The third-order valence-electron chi connectivity index (χ3n) is 5.77. The first-order chi connectivity index (χ1) is 13.1. The number of aryl methyl sites for hydroxylation is 1. The SMILES string of the molecule is CCNC(=NCc1ccc(F)c(C)c1)NCC1(N2CCCC2)CCOCC1. The molecule has 0 unspecified atom stereocenters. The normalized spacial score (nSPS) is 20.6. The molecule has 2 N–H and O–H groups in total. The number of benzene rings is 1. The van der Waals surface area contributed by atoms with Crippen molar-refractivity contribution in [3.05, 3.63) is 35.1 Å². The minimum Gasteiger partial charge on any atom is -0.381 e. The van der Waals surface area contributed by atoms with Crippen molar-refractivity contribution in [2.24, 2.45) is 4.99 Å². The number of aliphatic imine (C=N–C) groups is 1. The van der Waals surface area contributed by atoms with Crippen LogP contribution in [-0.2, 0) is 11.3 Å². The standard InChI is InChI=1S/C21H33FN4O/c1-3-23-20(24-15-18-6-7-19(22)17(2)14-18)25-16-21(8-12-27-13-9-21)26-10-4-5-11-26/h6-7,14H,3-5,8-13,15-16H2,1-2H3,(H2,23,24,25). The molecule has 0 aromatic heterocycles. The summed E-state index contributed by atoms with van der Waals surface area (Å²) in [6, 6.07) is 5.19. The number of hydrogen-bond acceptors (Lipinski definition) is 3. The van der Waals surface area contributed by atoms with E-state index in [2.05, 4.69) is 22.5 Å². The minimum absolute atomic E-state index is 0.164. The molecule has 150 valence electrons. The van der Waals surface area contributed by atoms with Gasteiger partial charge in [0.15, 0.2) is 5.96 Å². The van der Waals surface area contributed by atoms with Crippen LogP contribution < -0.4 is 10.6 Å². The van der Waals surface area contributed by atoms with Crippen LogP contribution >= 0.6 is 0 Å². The lowest BCUT2D eigenvalue weighted by Crippen LogP contribution is -2.58. The van der Waals surface area contributed by atoms with Gasteiger partial charge < -0.3 is 15.4 Å². The molecule has 1 aromatic carbocycles. The lowest BCUT2D eigenvalue weighted by molar-refractivity contribution is -0.0164. The largest absolute Gasteiger partial charge is 0.381 e. The highest BCUT2D eigenvalue weighted by atomic mass is 19.1. The van der Waals surface area contributed by atoms with Gasteiger partial charge in [0.05, 0.1) is 6.54 Å². The molecule has 2 heterocycles. The van der Waals surface area contributed by atoms with E-state index in [1.165, 1.54) is 32.0 Å². The van der Waals surface area contributed by atoms with E-state index in [1.807, 2.05) is 6.07 Å². The van der Waals surface area contributed by atoms with E-state index in [0.29, 0.717) is 12.1 Å². The van der Waals surface area contributed by atoms with E-state index in [0.717, 1.165) is 50.7 Å². The third-order valence-corrected chi connectivity index (χ3v) is 5.77. The molecule has 2 aliphatic rings. The average Bonchev–Trinajstić information content (AvgIpc) is 3.23. The summed E-state index contributed by atoms with van der Waals surface area (Å²) in [7, 11) is 0. The van der Waals surface area contributed by atoms with Crippen molar-refractivity contribution in [1.29, 1.82) is 0 Å². The second-order valence-electron chi connectivity index (χ2n) is 7.66. The summed E-state index contributed by atoms with van der Waals surface area (Å²) in [4.78, 5) is 7.37. The van der Waals surface area contributed by atoms with E-state index in [-0.39, 0.29) is 11.4 Å². The van der Waals surface area contributed by atoms with Gasteiger partial charge in [-0.25, -0.2) is 9.38 Å². The molecule has 0 amide bonds. The fourth-order valence-electron chi connectivity index (χ4n) is 4.11. The van der Waals surface area contributed by atoms with Crippen molar-refractivity contribution >= 4 is 5.96 Å². The van der Waals surface area contributed by atoms with Gasteiger partial charge >= 0.3 is 0 Å². The van der Waals surface area contributed by atoms with Crippen molar-refractivity contribution in [1.82, 2.24) is 15.5 Å². The number of rotatable bonds is 6. The Morgan fingerprint density at radius 2 is 1.96 bits per heavy atom. The molecular weight excluding hydrogens is 343 g/mol. The summed E-state index contributed by atoms with van der Waals surface area (Å²) < 4.78 is 19.1. The summed E-state index contributed by atoms with van der Waals surface area (Å²) in [5.41, 5.74) is 1.85. The second kappa shape index (κ2) is 9.51. The summed E-state index contributed by atoms with van der Waals surface area (Å²) in [5.74, 6) is 0.657. The van der Waals surface area contributed by atoms with Crippen LogP contribution in [0.25, 0.3) is 0 Å². The summed E-state index contributed by atoms with van der Waals surface area (Å²) >= 11 is 0. The molecule has 27 heavy (non-hydrogen) atoms. The monoisotopic (exact) mass is 376 g/mol. The molecule has 0 bridgehead atoms. The number of nitrogens with one attached hydrogen (secondary N) is 2. The van der Waals surface area contributed by atoms with Crippen LogP contribution in [0.3, 0.4) is 0 Å². The maximum Gasteiger partial charge on any atom is 0.191 e. The molecule has 5 nitrogen and oxygen atoms in total. The highest BCUT2D eigenvalue weighted by Crippen LogP contribution is 2.30. The number of halogens is 1. The van der Waals surface area contributed by atoms with Crippen molar-refractivity contribution in [2.45, 2.75) is 51.6 Å². The van der Waals surface area contributed by atoms with Crippen molar-refractivity contribution in [3.63, 3.8) is 0 Å². The van der Waals surface area contributed by atoms with Gasteiger partial charge in [-0.05, 0) is 69.8 Å². The number of guanidine groups is 1. The zero-order chi connectivity index (χ0) is 19.1. The molecule has 0 atom stereocenters. The zero-order valence-corrected chi connectivity index (χ0v) is 16.7. The summed E-state index contributed by atoms with van der Waals surface area (Å²) in [6.45, 7) is 10.1. The lowest BCUT2D eigenvalue weighted by Gasteiger charge is -2.45. The molecule has 0 saturated carbocycles. The Balaban J connectivity index is 1.65. The van der Waals surface area contributed by atoms with Gasteiger partial charge in [0, 0.05) is 31.8 Å². The number of ether oxygens (including phenoxy) is 1. The van der Waals surface area contributed by atoms with Crippen molar-refractivity contribution in [3.8, 4) is 0 Å². The second-order valence-corrected chi connectivity index (χ2v) is 7.66. The summed E-state index contributed by atoms with van der Waals surface area (Å²) in [6.07, 6.45) is 4.72. The van der Waals surface area contributed by atoms with Gasteiger partial charge in [-0.2, -0.15) is 0 Å². The Morgan fingerprint density at radius 1 is 1.22 bits per heavy atom. The Bertz CT molecular complexity index is 637. The quantitative estimate of drug-likeness (QED) is 0.592. The first-order valence-corrected chi connectivity index (χ1v) is 10.2. The van der Waals surface area contributed by atoms with Gasteiger partial charge in [-0.15, -0.1) is 0 Å². The smallest absolute Gasteiger partial charge is 0.191 e. The summed E-state index contributed by atoms with van der Waals surface area (Å²) in [5, 5.41) is 6.91. The maximum absolute atomic E-state index is 13.5. The third kappa shape index (κ3) is 5.20.